The molecule has 0 saturated carbocycles. The van der Waals surface area contributed by atoms with Crippen molar-refractivity contribution < 1.29 is 23.1 Å². The zero-order valence-electron chi connectivity index (χ0n) is 15.4. The number of hydrogen-bond donors (Lipinski definition) is 1. The molecule has 0 spiro atoms. The quantitative estimate of drug-likeness (QED) is 0.794. The molecule has 3 rings (SSSR count). The minimum atomic E-state index is -1.19. The number of nitrogens with zero attached hydrogens (tertiary/aromatic N) is 2. The van der Waals surface area contributed by atoms with Gasteiger partial charge in [0.2, 0.25) is 0 Å². The van der Waals surface area contributed by atoms with Crippen LogP contribution in [-0.2, 0) is 9.53 Å². The molecule has 2 aromatic carbocycles. The fourth-order valence-corrected chi connectivity index (χ4v) is 2.64. The number of benzene rings is 2. The van der Waals surface area contributed by atoms with E-state index in [-0.39, 0.29) is 11.3 Å². The second kappa shape index (κ2) is 8.16. The second-order valence-electron chi connectivity index (χ2n) is 6.42. The van der Waals surface area contributed by atoms with Crippen molar-refractivity contribution in [1.29, 1.82) is 0 Å². The van der Waals surface area contributed by atoms with Crippen LogP contribution in [-0.4, -0.2) is 30.2 Å². The molecule has 0 fully saturated rings. The van der Waals surface area contributed by atoms with Gasteiger partial charge in [0.1, 0.15) is 11.6 Å². The van der Waals surface area contributed by atoms with E-state index in [0.29, 0.717) is 0 Å². The van der Waals surface area contributed by atoms with Gasteiger partial charge in [-0.15, -0.1) is 0 Å². The van der Waals surface area contributed by atoms with Crippen LogP contribution in [0.2, 0.25) is 0 Å². The largest absolute Gasteiger partial charge is 0.449 e. The van der Waals surface area contributed by atoms with E-state index in [1.165, 1.54) is 6.92 Å². The smallest absolute Gasteiger partial charge is 0.338 e. The fraction of sp³-hybridized carbons (Fsp3) is 0.250. The first-order chi connectivity index (χ1) is 13.3. The first kappa shape index (κ1) is 19.5. The molecular formula is C20H19F2N3O3. The lowest BCUT2D eigenvalue weighted by atomic mass is 10.2. The molecule has 0 radical (unpaired) electrons. The van der Waals surface area contributed by atoms with Crippen molar-refractivity contribution in [3.8, 4) is 0 Å². The van der Waals surface area contributed by atoms with Gasteiger partial charge < -0.3 is 10.1 Å². The van der Waals surface area contributed by atoms with Crippen molar-refractivity contribution in [1.82, 2.24) is 0 Å². The van der Waals surface area contributed by atoms with E-state index in [9.17, 15) is 18.4 Å². The zero-order valence-corrected chi connectivity index (χ0v) is 15.4. The van der Waals surface area contributed by atoms with Crippen LogP contribution in [0, 0.1) is 11.6 Å². The van der Waals surface area contributed by atoms with E-state index in [0.717, 1.165) is 42.6 Å². The van der Waals surface area contributed by atoms with Gasteiger partial charge in [-0.1, -0.05) is 0 Å². The van der Waals surface area contributed by atoms with Gasteiger partial charge in [0.15, 0.2) is 6.10 Å². The van der Waals surface area contributed by atoms with Gasteiger partial charge in [0.05, 0.1) is 16.9 Å². The van der Waals surface area contributed by atoms with E-state index < -0.39 is 29.6 Å². The highest BCUT2D eigenvalue weighted by atomic mass is 19.1. The third-order valence-electron chi connectivity index (χ3n) is 4.22. The lowest BCUT2D eigenvalue weighted by molar-refractivity contribution is -0.123. The molecule has 0 bridgehead atoms. The van der Waals surface area contributed by atoms with Crippen LogP contribution >= 0.6 is 0 Å². The molecule has 6 nitrogen and oxygen atoms in total. The minimum absolute atomic E-state index is 0.264. The van der Waals surface area contributed by atoms with Gasteiger partial charge in [-0.25, -0.2) is 13.6 Å². The Morgan fingerprint density at radius 2 is 1.89 bits per heavy atom. The number of esters is 1. The molecule has 2 aromatic rings. The summed E-state index contributed by atoms with van der Waals surface area (Å²) in [6, 6.07) is 9.33. The van der Waals surface area contributed by atoms with Gasteiger partial charge in [-0.2, -0.15) is 5.10 Å². The standard InChI is InChI=1S/C20H19F2N3O3/c1-12-9-10-25(24-12)16-6-3-14(4-7-16)20(27)28-13(2)19(26)23-18-11-15(21)5-8-17(18)22/h3-8,11,13H,9-10H2,1-2H3,(H,23,26). The second-order valence-corrected chi connectivity index (χ2v) is 6.42. The van der Waals surface area contributed by atoms with Crippen molar-refractivity contribution in [3.63, 3.8) is 0 Å². The van der Waals surface area contributed by atoms with Crippen LogP contribution in [0.4, 0.5) is 20.2 Å². The first-order valence-electron chi connectivity index (χ1n) is 8.72. The first-order valence-corrected chi connectivity index (χ1v) is 8.72. The number of hydrogen-bond acceptors (Lipinski definition) is 5. The van der Waals surface area contributed by atoms with Gasteiger partial charge in [-0.3, -0.25) is 9.80 Å². The molecule has 1 amide bonds. The number of halogens is 2. The molecule has 0 aliphatic carbocycles. The Bertz CT molecular complexity index is 929. The molecule has 1 unspecified atom stereocenters. The molecule has 0 aromatic heterocycles. The van der Waals surface area contributed by atoms with Gasteiger partial charge in [0.25, 0.3) is 5.91 Å². The topological polar surface area (TPSA) is 71.0 Å². The van der Waals surface area contributed by atoms with Crippen molar-refractivity contribution >= 4 is 29.0 Å². The summed E-state index contributed by atoms with van der Waals surface area (Å²) in [6.07, 6.45) is -0.303. The summed E-state index contributed by atoms with van der Waals surface area (Å²) in [4.78, 5) is 24.3. The van der Waals surface area contributed by atoms with Crippen LogP contribution in [0.3, 0.4) is 0 Å². The molecule has 8 heteroatoms. The predicted octanol–water partition coefficient (Wildman–Crippen LogP) is 3.73. The molecule has 28 heavy (non-hydrogen) atoms. The number of nitrogens with one attached hydrogen (secondary N) is 1. The van der Waals surface area contributed by atoms with E-state index in [4.69, 9.17) is 4.74 Å². The Morgan fingerprint density at radius 1 is 1.18 bits per heavy atom. The number of rotatable bonds is 5. The monoisotopic (exact) mass is 387 g/mol. The highest BCUT2D eigenvalue weighted by molar-refractivity contribution is 5.97. The highest BCUT2D eigenvalue weighted by Gasteiger charge is 2.21. The van der Waals surface area contributed by atoms with Crippen LogP contribution in [0.25, 0.3) is 0 Å². The number of amides is 1. The lowest BCUT2D eigenvalue weighted by Crippen LogP contribution is -2.30. The van der Waals surface area contributed by atoms with E-state index in [1.807, 2.05) is 11.9 Å². The number of carbonyl (C=O) groups excluding carboxylic acids is 2. The summed E-state index contributed by atoms with van der Waals surface area (Å²) >= 11 is 0. The average Bonchev–Trinajstić information content (AvgIpc) is 3.11. The highest BCUT2D eigenvalue weighted by Crippen LogP contribution is 2.21. The van der Waals surface area contributed by atoms with Crippen molar-refractivity contribution in [2.75, 3.05) is 16.9 Å². The molecule has 1 heterocycles. The fourth-order valence-electron chi connectivity index (χ4n) is 2.64. The van der Waals surface area contributed by atoms with E-state index >= 15 is 0 Å². The molecule has 0 saturated heterocycles. The van der Waals surface area contributed by atoms with Crippen LogP contribution in [0.5, 0.6) is 0 Å². The Hall–Kier alpha value is -3.29. The summed E-state index contributed by atoms with van der Waals surface area (Å²) in [5.41, 5.74) is 1.83. The molecular weight excluding hydrogens is 368 g/mol. The number of ether oxygens (including phenoxy) is 1. The van der Waals surface area contributed by atoms with Crippen LogP contribution in [0.15, 0.2) is 47.6 Å². The van der Waals surface area contributed by atoms with Gasteiger partial charge in [0, 0.05) is 24.7 Å². The van der Waals surface area contributed by atoms with Gasteiger partial charge in [-0.05, 0) is 50.2 Å². The molecule has 146 valence electrons. The molecule has 1 aliphatic heterocycles. The van der Waals surface area contributed by atoms with Gasteiger partial charge >= 0.3 is 5.97 Å². The summed E-state index contributed by atoms with van der Waals surface area (Å²) in [5, 5.41) is 8.43. The van der Waals surface area contributed by atoms with E-state index in [1.54, 1.807) is 24.3 Å². The molecule has 1 N–H and O–H groups in total. The van der Waals surface area contributed by atoms with Crippen LogP contribution < -0.4 is 10.3 Å². The summed E-state index contributed by atoms with van der Waals surface area (Å²) < 4.78 is 31.9. The Labute approximate surface area is 160 Å². The van der Waals surface area contributed by atoms with Crippen molar-refractivity contribution in [2.24, 2.45) is 5.10 Å². The average molecular weight is 387 g/mol. The van der Waals surface area contributed by atoms with Crippen molar-refractivity contribution in [3.05, 3.63) is 59.7 Å². The maximum Gasteiger partial charge on any atom is 0.338 e. The number of carbonyl (C=O) groups is 2. The van der Waals surface area contributed by atoms with E-state index in [2.05, 4.69) is 10.4 Å². The maximum atomic E-state index is 13.6. The number of anilines is 2. The molecule has 1 atom stereocenters. The summed E-state index contributed by atoms with van der Waals surface area (Å²) in [5.74, 6) is -2.95. The summed E-state index contributed by atoms with van der Waals surface area (Å²) in [6.45, 7) is 4.08. The Balaban J connectivity index is 1.60. The normalized spacial score (nSPS) is 14.4. The Morgan fingerprint density at radius 3 is 2.54 bits per heavy atom. The lowest BCUT2D eigenvalue weighted by Gasteiger charge is -2.15. The Kier molecular flexibility index (Phi) is 5.67. The minimum Gasteiger partial charge on any atom is -0.449 e. The summed E-state index contributed by atoms with van der Waals surface area (Å²) in [7, 11) is 0. The van der Waals surface area contributed by atoms with Crippen molar-refractivity contribution in [2.45, 2.75) is 26.4 Å². The maximum absolute atomic E-state index is 13.6. The third-order valence-corrected chi connectivity index (χ3v) is 4.22. The SMILES string of the molecule is CC1=NN(c2ccc(C(=O)OC(C)C(=O)Nc3cc(F)ccc3F)cc2)CC1. The zero-order chi connectivity index (χ0) is 20.3. The molecule has 1 aliphatic rings. The third kappa shape index (κ3) is 4.51. The number of hydrazone groups is 1. The van der Waals surface area contributed by atoms with Crippen LogP contribution in [0.1, 0.15) is 30.6 Å². The predicted molar refractivity (Wildman–Crippen MR) is 101 cm³/mol.